The molecule has 4 heteroatoms. The van der Waals surface area contributed by atoms with Gasteiger partial charge in [-0.25, -0.2) is 0 Å². The Morgan fingerprint density at radius 3 is 2.50 bits per heavy atom. The zero-order valence-corrected chi connectivity index (χ0v) is 12.8. The molecule has 114 valence electrons. The van der Waals surface area contributed by atoms with Crippen LogP contribution in [0, 0.1) is 24.2 Å². The standard InChI is InChI=1S/C16H28N2O2/c1-4-9-18-10-7-14(8-11-18)16(20)17-12-15(19)13(5-2)6-3/h1,13-15,19H,5-12H2,2-3H3,(H,17,20). The number of amides is 1. The van der Waals surface area contributed by atoms with E-state index in [1.165, 1.54) is 0 Å². The average Bonchev–Trinajstić information content (AvgIpc) is 2.47. The molecule has 1 rings (SSSR count). The van der Waals surface area contributed by atoms with Crippen LogP contribution >= 0.6 is 0 Å². The lowest BCUT2D eigenvalue weighted by atomic mass is 9.94. The molecule has 0 radical (unpaired) electrons. The van der Waals surface area contributed by atoms with Crippen molar-refractivity contribution in [3.05, 3.63) is 0 Å². The van der Waals surface area contributed by atoms with Crippen molar-refractivity contribution < 1.29 is 9.90 Å². The highest BCUT2D eigenvalue weighted by Gasteiger charge is 2.25. The molecule has 20 heavy (non-hydrogen) atoms. The van der Waals surface area contributed by atoms with Crippen LogP contribution in [0.2, 0.25) is 0 Å². The molecule has 0 aromatic carbocycles. The van der Waals surface area contributed by atoms with Crippen LogP contribution in [0.4, 0.5) is 0 Å². The SMILES string of the molecule is C#CCN1CCC(C(=O)NCC(O)C(CC)CC)CC1. The Kier molecular flexibility index (Phi) is 7.64. The fourth-order valence-electron chi connectivity index (χ4n) is 2.83. The number of nitrogens with zero attached hydrogens (tertiary/aromatic N) is 1. The van der Waals surface area contributed by atoms with E-state index in [1.54, 1.807) is 0 Å². The van der Waals surface area contributed by atoms with Crippen LogP contribution in [0.5, 0.6) is 0 Å². The highest BCUT2D eigenvalue weighted by Crippen LogP contribution is 2.17. The van der Waals surface area contributed by atoms with Crippen molar-refractivity contribution in [3.8, 4) is 12.3 Å². The third kappa shape index (κ3) is 5.15. The first-order valence-corrected chi connectivity index (χ1v) is 7.73. The summed E-state index contributed by atoms with van der Waals surface area (Å²) < 4.78 is 0. The largest absolute Gasteiger partial charge is 0.391 e. The van der Waals surface area contributed by atoms with E-state index >= 15 is 0 Å². The molecular formula is C16H28N2O2. The summed E-state index contributed by atoms with van der Waals surface area (Å²) in [6.07, 6.45) is 8.45. The smallest absolute Gasteiger partial charge is 0.223 e. The van der Waals surface area contributed by atoms with Crippen molar-refractivity contribution in [2.24, 2.45) is 11.8 Å². The number of likely N-dealkylation sites (tertiary alicyclic amines) is 1. The lowest BCUT2D eigenvalue weighted by Gasteiger charge is -2.30. The molecule has 0 aliphatic carbocycles. The zero-order chi connectivity index (χ0) is 15.0. The summed E-state index contributed by atoms with van der Waals surface area (Å²) in [7, 11) is 0. The second-order valence-corrected chi connectivity index (χ2v) is 5.64. The number of hydrogen-bond donors (Lipinski definition) is 2. The van der Waals surface area contributed by atoms with Crippen LogP contribution in [-0.4, -0.2) is 48.2 Å². The molecule has 1 aliphatic heterocycles. The third-order valence-electron chi connectivity index (χ3n) is 4.35. The number of piperidine rings is 1. The Labute approximate surface area is 122 Å². The van der Waals surface area contributed by atoms with E-state index in [9.17, 15) is 9.90 Å². The monoisotopic (exact) mass is 280 g/mol. The van der Waals surface area contributed by atoms with E-state index in [2.05, 4.69) is 30.0 Å². The van der Waals surface area contributed by atoms with Gasteiger partial charge in [0, 0.05) is 12.5 Å². The number of nitrogens with one attached hydrogen (secondary N) is 1. The number of carbonyl (C=O) groups is 1. The summed E-state index contributed by atoms with van der Waals surface area (Å²) in [6, 6.07) is 0. The minimum absolute atomic E-state index is 0.0675. The quantitative estimate of drug-likeness (QED) is 0.690. The van der Waals surface area contributed by atoms with Crippen molar-refractivity contribution >= 4 is 5.91 Å². The van der Waals surface area contributed by atoms with E-state index in [4.69, 9.17) is 6.42 Å². The van der Waals surface area contributed by atoms with Gasteiger partial charge in [-0.1, -0.05) is 32.6 Å². The van der Waals surface area contributed by atoms with Crippen LogP contribution in [0.15, 0.2) is 0 Å². The zero-order valence-electron chi connectivity index (χ0n) is 12.8. The van der Waals surface area contributed by atoms with E-state index in [0.29, 0.717) is 13.1 Å². The first-order chi connectivity index (χ1) is 9.62. The topological polar surface area (TPSA) is 52.6 Å². The molecule has 0 spiro atoms. The maximum Gasteiger partial charge on any atom is 0.223 e. The minimum Gasteiger partial charge on any atom is -0.391 e. The Morgan fingerprint density at radius 2 is 2.00 bits per heavy atom. The molecular weight excluding hydrogens is 252 g/mol. The van der Waals surface area contributed by atoms with Crippen molar-refractivity contribution in [1.82, 2.24) is 10.2 Å². The summed E-state index contributed by atoms with van der Waals surface area (Å²) in [5, 5.41) is 12.9. The van der Waals surface area contributed by atoms with Gasteiger partial charge in [0.15, 0.2) is 0 Å². The number of terminal acetylenes is 1. The van der Waals surface area contributed by atoms with Gasteiger partial charge in [-0.15, -0.1) is 6.42 Å². The molecule has 1 unspecified atom stereocenters. The number of hydrogen-bond acceptors (Lipinski definition) is 3. The molecule has 0 bridgehead atoms. The van der Waals surface area contributed by atoms with Gasteiger partial charge in [-0.05, 0) is 31.8 Å². The number of rotatable bonds is 7. The maximum absolute atomic E-state index is 12.1. The Hall–Kier alpha value is -1.05. The van der Waals surface area contributed by atoms with Crippen LogP contribution in [0.3, 0.4) is 0 Å². The Balaban J connectivity index is 2.29. The number of carbonyl (C=O) groups excluding carboxylic acids is 1. The molecule has 2 N–H and O–H groups in total. The Morgan fingerprint density at radius 1 is 1.40 bits per heavy atom. The normalized spacial score (nSPS) is 18.8. The van der Waals surface area contributed by atoms with Crippen LogP contribution < -0.4 is 5.32 Å². The van der Waals surface area contributed by atoms with Gasteiger partial charge < -0.3 is 10.4 Å². The first-order valence-electron chi connectivity index (χ1n) is 7.73. The summed E-state index contributed by atoms with van der Waals surface area (Å²) in [4.78, 5) is 14.3. The molecule has 1 aliphatic rings. The van der Waals surface area contributed by atoms with Gasteiger partial charge >= 0.3 is 0 Å². The molecule has 0 aromatic rings. The molecule has 1 heterocycles. The van der Waals surface area contributed by atoms with E-state index < -0.39 is 6.10 Å². The van der Waals surface area contributed by atoms with Crippen LogP contribution in [0.25, 0.3) is 0 Å². The molecule has 4 nitrogen and oxygen atoms in total. The molecule has 0 saturated carbocycles. The lowest BCUT2D eigenvalue weighted by molar-refractivity contribution is -0.127. The predicted molar refractivity (Wildman–Crippen MR) is 81.1 cm³/mol. The van der Waals surface area contributed by atoms with Gasteiger partial charge in [-0.2, -0.15) is 0 Å². The van der Waals surface area contributed by atoms with Crippen LogP contribution in [-0.2, 0) is 4.79 Å². The third-order valence-corrected chi connectivity index (χ3v) is 4.35. The summed E-state index contributed by atoms with van der Waals surface area (Å²) in [5.74, 6) is 3.06. The van der Waals surface area contributed by atoms with E-state index in [-0.39, 0.29) is 17.7 Å². The van der Waals surface area contributed by atoms with E-state index in [0.717, 1.165) is 38.8 Å². The highest BCUT2D eigenvalue weighted by atomic mass is 16.3. The molecule has 1 fully saturated rings. The molecule has 1 saturated heterocycles. The van der Waals surface area contributed by atoms with Crippen molar-refractivity contribution in [2.75, 3.05) is 26.2 Å². The maximum atomic E-state index is 12.1. The molecule has 1 atom stereocenters. The van der Waals surface area contributed by atoms with Gasteiger partial charge in [0.05, 0.1) is 12.6 Å². The minimum atomic E-state index is -0.435. The number of aliphatic hydroxyl groups is 1. The summed E-state index contributed by atoms with van der Waals surface area (Å²) >= 11 is 0. The van der Waals surface area contributed by atoms with Gasteiger partial charge in [-0.3, -0.25) is 9.69 Å². The predicted octanol–water partition coefficient (Wildman–Crippen LogP) is 1.24. The Bertz CT molecular complexity index is 326. The molecule has 1 amide bonds. The van der Waals surface area contributed by atoms with Crippen molar-refractivity contribution in [2.45, 2.75) is 45.6 Å². The highest BCUT2D eigenvalue weighted by molar-refractivity contribution is 5.78. The van der Waals surface area contributed by atoms with Crippen molar-refractivity contribution in [1.29, 1.82) is 0 Å². The lowest BCUT2D eigenvalue weighted by Crippen LogP contribution is -2.43. The summed E-state index contributed by atoms with van der Waals surface area (Å²) in [5.41, 5.74) is 0. The summed E-state index contributed by atoms with van der Waals surface area (Å²) in [6.45, 7) is 6.95. The fourth-order valence-corrected chi connectivity index (χ4v) is 2.83. The van der Waals surface area contributed by atoms with Gasteiger partial charge in [0.1, 0.15) is 0 Å². The number of aliphatic hydroxyl groups excluding tert-OH is 1. The second-order valence-electron chi connectivity index (χ2n) is 5.64. The van der Waals surface area contributed by atoms with E-state index in [1.807, 2.05) is 0 Å². The molecule has 0 aromatic heterocycles. The van der Waals surface area contributed by atoms with Crippen molar-refractivity contribution in [3.63, 3.8) is 0 Å². The second kappa shape index (κ2) is 8.99. The van der Waals surface area contributed by atoms with Gasteiger partial charge in [0.25, 0.3) is 0 Å². The van der Waals surface area contributed by atoms with Gasteiger partial charge in [0.2, 0.25) is 5.91 Å². The first kappa shape index (κ1) is 17.0. The fraction of sp³-hybridized carbons (Fsp3) is 0.812. The average molecular weight is 280 g/mol. The van der Waals surface area contributed by atoms with Crippen LogP contribution in [0.1, 0.15) is 39.5 Å².